The maximum absolute atomic E-state index is 12.7. The number of hydrogen-bond donors (Lipinski definition) is 3. The first-order valence-corrected chi connectivity index (χ1v) is 16.5. The van der Waals surface area contributed by atoms with Gasteiger partial charge in [0.1, 0.15) is 12.8 Å². The fourth-order valence-corrected chi connectivity index (χ4v) is 4.97. The molecule has 0 aromatic carbocycles. The van der Waals surface area contributed by atoms with E-state index >= 15 is 0 Å². The van der Waals surface area contributed by atoms with Gasteiger partial charge in [-0.05, 0) is 12.8 Å². The summed E-state index contributed by atoms with van der Waals surface area (Å²) in [4.78, 5) is 40.4. The Morgan fingerprint density at radius 3 is 2.00 bits per heavy atom. The van der Waals surface area contributed by atoms with Crippen LogP contribution >= 0.6 is 11.8 Å². The normalized spacial score (nSPS) is 13.6. The molecule has 3 atom stereocenters. The maximum Gasteiger partial charge on any atom is 0.330 e. The van der Waals surface area contributed by atoms with Crippen molar-refractivity contribution in [2.75, 3.05) is 31.8 Å². The maximum atomic E-state index is 12.7. The molecule has 0 aromatic rings. The van der Waals surface area contributed by atoms with Gasteiger partial charge in [0, 0.05) is 24.1 Å². The molecule has 1 amide bonds. The van der Waals surface area contributed by atoms with Gasteiger partial charge in [-0.1, -0.05) is 97.3 Å². The molecule has 40 heavy (non-hydrogen) atoms. The Kier molecular flexibility index (Phi) is 26.4. The van der Waals surface area contributed by atoms with E-state index in [2.05, 4.69) is 22.0 Å². The minimum atomic E-state index is -1.18. The molecule has 0 aliphatic heterocycles. The largest absolute Gasteiger partial charge is 0.467 e. The highest BCUT2D eigenvalue weighted by molar-refractivity contribution is 7.99. The SMILES string of the molecule is CCCCCCCCCCCCCCCC(=O)OCCSCC(C=NC(O)CCC)C(=O)NC(CO)C(=O)OC. The number of ether oxygens (including phenoxy) is 2. The smallest absolute Gasteiger partial charge is 0.330 e. The Labute approximate surface area is 246 Å². The van der Waals surface area contributed by atoms with E-state index in [1.807, 2.05) is 6.92 Å². The third kappa shape index (κ3) is 22.1. The highest BCUT2D eigenvalue weighted by atomic mass is 32.2. The van der Waals surface area contributed by atoms with Crippen LogP contribution in [0.5, 0.6) is 0 Å². The molecule has 0 fully saturated rings. The van der Waals surface area contributed by atoms with Crippen LogP contribution in [0.2, 0.25) is 0 Å². The van der Waals surface area contributed by atoms with Gasteiger partial charge in [-0.15, -0.1) is 0 Å². The number of rotatable bonds is 27. The van der Waals surface area contributed by atoms with Crippen molar-refractivity contribution >= 4 is 35.8 Å². The number of aliphatic imine (C=N–C) groups is 1. The summed E-state index contributed by atoms with van der Waals surface area (Å²) in [7, 11) is 1.17. The summed E-state index contributed by atoms with van der Waals surface area (Å²) in [5.41, 5.74) is 0. The molecule has 3 N–H and O–H groups in total. The average Bonchev–Trinajstić information content (AvgIpc) is 2.95. The Morgan fingerprint density at radius 1 is 0.900 bits per heavy atom. The molecule has 0 aliphatic rings. The topological polar surface area (TPSA) is 135 Å². The van der Waals surface area contributed by atoms with E-state index in [9.17, 15) is 24.6 Å². The van der Waals surface area contributed by atoms with Crippen LogP contribution < -0.4 is 5.32 Å². The van der Waals surface area contributed by atoms with Gasteiger partial charge >= 0.3 is 11.9 Å². The van der Waals surface area contributed by atoms with Crippen molar-refractivity contribution < 1.29 is 34.1 Å². The van der Waals surface area contributed by atoms with Gasteiger partial charge in [0.15, 0.2) is 6.04 Å². The zero-order chi connectivity index (χ0) is 29.8. The van der Waals surface area contributed by atoms with Crippen LogP contribution in [0.15, 0.2) is 4.99 Å². The van der Waals surface area contributed by atoms with Crippen LogP contribution in [0.25, 0.3) is 0 Å². The highest BCUT2D eigenvalue weighted by Crippen LogP contribution is 2.14. The second-order valence-electron chi connectivity index (χ2n) is 10.2. The third-order valence-corrected chi connectivity index (χ3v) is 7.63. The zero-order valence-electron chi connectivity index (χ0n) is 25.2. The Bertz CT molecular complexity index is 678. The van der Waals surface area contributed by atoms with Crippen molar-refractivity contribution in [1.82, 2.24) is 5.32 Å². The number of aliphatic hydroxyl groups excluding tert-OH is 2. The molecule has 0 saturated carbocycles. The highest BCUT2D eigenvalue weighted by Gasteiger charge is 2.25. The Morgan fingerprint density at radius 2 is 1.48 bits per heavy atom. The minimum Gasteiger partial charge on any atom is -0.467 e. The van der Waals surface area contributed by atoms with E-state index < -0.39 is 36.7 Å². The van der Waals surface area contributed by atoms with Gasteiger partial charge in [0.05, 0.1) is 19.6 Å². The fraction of sp³-hybridized carbons (Fsp3) is 0.867. The van der Waals surface area contributed by atoms with Crippen molar-refractivity contribution in [1.29, 1.82) is 0 Å². The Balaban J connectivity index is 4.11. The van der Waals surface area contributed by atoms with E-state index in [0.717, 1.165) is 25.7 Å². The molecular weight excluding hydrogens is 532 g/mol. The lowest BCUT2D eigenvalue weighted by molar-refractivity contribution is -0.146. The van der Waals surface area contributed by atoms with Gasteiger partial charge in [-0.3, -0.25) is 14.6 Å². The molecule has 0 spiro atoms. The second-order valence-corrected chi connectivity index (χ2v) is 11.4. The van der Waals surface area contributed by atoms with Crippen LogP contribution in [-0.4, -0.2) is 78.4 Å². The monoisotopic (exact) mass is 588 g/mol. The molecule has 0 saturated heterocycles. The molecule has 9 nitrogen and oxygen atoms in total. The summed E-state index contributed by atoms with van der Waals surface area (Å²) < 4.78 is 9.91. The van der Waals surface area contributed by atoms with Gasteiger partial charge in [0.2, 0.25) is 5.91 Å². The standard InChI is InChI=1S/C30H56N2O7S/c1-4-6-7-8-9-10-11-12-13-14-15-16-17-19-28(35)39-20-21-40-24-25(22-31-27(34)18-5-2)29(36)32-26(23-33)30(37)38-3/h22,25-27,33-34H,4-21,23-24H2,1-3H3,(H,32,36). The summed E-state index contributed by atoms with van der Waals surface area (Å²) in [6.45, 7) is 3.82. The van der Waals surface area contributed by atoms with Gasteiger partial charge < -0.3 is 25.0 Å². The lowest BCUT2D eigenvalue weighted by Gasteiger charge is -2.18. The number of aliphatic hydroxyl groups is 2. The number of amides is 1. The van der Waals surface area contributed by atoms with Crippen LogP contribution in [0.4, 0.5) is 0 Å². The first-order valence-electron chi connectivity index (χ1n) is 15.3. The number of thioether (sulfide) groups is 1. The summed E-state index contributed by atoms with van der Waals surface area (Å²) in [5.74, 6) is -1.39. The number of carbonyl (C=O) groups excluding carboxylic acids is 3. The summed E-state index contributed by atoms with van der Waals surface area (Å²) in [6.07, 6.45) is 18.4. The number of unbranched alkanes of at least 4 members (excludes halogenated alkanes) is 12. The number of esters is 2. The van der Waals surface area contributed by atoms with Gasteiger partial charge in [-0.25, -0.2) is 4.79 Å². The summed E-state index contributed by atoms with van der Waals surface area (Å²) in [6, 6.07) is -1.18. The van der Waals surface area contributed by atoms with E-state index in [0.29, 0.717) is 24.3 Å². The lowest BCUT2D eigenvalue weighted by Crippen LogP contribution is -2.47. The van der Waals surface area contributed by atoms with Crippen LogP contribution in [0.3, 0.4) is 0 Å². The third-order valence-electron chi connectivity index (χ3n) is 6.58. The first kappa shape index (κ1) is 38.4. The van der Waals surface area contributed by atoms with Crippen LogP contribution in [0.1, 0.15) is 117 Å². The number of nitrogens with zero attached hydrogens (tertiary/aromatic N) is 1. The molecule has 0 aromatic heterocycles. The number of methoxy groups -OCH3 is 1. The van der Waals surface area contributed by atoms with Crippen LogP contribution in [-0.2, 0) is 23.9 Å². The zero-order valence-corrected chi connectivity index (χ0v) is 26.1. The quantitative estimate of drug-likeness (QED) is 0.0677. The number of carbonyl (C=O) groups is 3. The fourth-order valence-electron chi connectivity index (χ4n) is 4.11. The van der Waals surface area contributed by atoms with E-state index in [-0.39, 0.29) is 12.6 Å². The second kappa shape index (κ2) is 27.5. The van der Waals surface area contributed by atoms with Crippen LogP contribution in [0, 0.1) is 5.92 Å². The van der Waals surface area contributed by atoms with E-state index in [4.69, 9.17) is 4.74 Å². The summed E-state index contributed by atoms with van der Waals surface area (Å²) >= 11 is 1.40. The van der Waals surface area contributed by atoms with Crippen molar-refractivity contribution in [2.24, 2.45) is 10.9 Å². The van der Waals surface area contributed by atoms with Crippen molar-refractivity contribution in [3.63, 3.8) is 0 Å². The predicted octanol–water partition coefficient (Wildman–Crippen LogP) is 5.20. The molecular formula is C30H56N2O7S. The molecule has 0 heterocycles. The number of hydrogen-bond acceptors (Lipinski definition) is 9. The Hall–Kier alpha value is -1.65. The molecule has 234 valence electrons. The minimum absolute atomic E-state index is 0.203. The van der Waals surface area contributed by atoms with Gasteiger partial charge in [-0.2, -0.15) is 11.8 Å². The predicted molar refractivity (Wildman–Crippen MR) is 163 cm³/mol. The van der Waals surface area contributed by atoms with Crippen molar-refractivity contribution in [3.05, 3.63) is 0 Å². The molecule has 0 radical (unpaired) electrons. The van der Waals surface area contributed by atoms with Gasteiger partial charge in [0.25, 0.3) is 0 Å². The van der Waals surface area contributed by atoms with Crippen molar-refractivity contribution in [3.8, 4) is 0 Å². The molecule has 0 bridgehead atoms. The molecule has 10 heteroatoms. The summed E-state index contributed by atoms with van der Waals surface area (Å²) in [5, 5.41) is 21.7. The first-order chi connectivity index (χ1) is 19.4. The van der Waals surface area contributed by atoms with E-state index in [1.54, 1.807) is 0 Å². The van der Waals surface area contributed by atoms with Crippen molar-refractivity contribution in [2.45, 2.75) is 129 Å². The molecule has 3 unspecified atom stereocenters. The molecule has 0 rings (SSSR count). The number of nitrogens with one attached hydrogen (secondary N) is 1. The lowest BCUT2D eigenvalue weighted by atomic mass is 10.0. The average molecular weight is 589 g/mol. The molecule has 0 aliphatic carbocycles. The van der Waals surface area contributed by atoms with E-state index in [1.165, 1.54) is 89.3 Å².